The summed E-state index contributed by atoms with van der Waals surface area (Å²) in [6.45, 7) is 7.03. The van der Waals surface area contributed by atoms with Crippen LogP contribution in [0.1, 0.15) is 42.4 Å². The zero-order valence-electron chi connectivity index (χ0n) is 15.4. The van der Waals surface area contributed by atoms with Crippen LogP contribution in [0.5, 0.6) is 0 Å². The molecule has 0 fully saturated rings. The van der Waals surface area contributed by atoms with E-state index in [4.69, 9.17) is 5.73 Å². The smallest absolute Gasteiger partial charge is 0.268 e. The highest BCUT2D eigenvalue weighted by Crippen LogP contribution is 2.34. The molecule has 0 unspecified atom stereocenters. The van der Waals surface area contributed by atoms with Crippen molar-refractivity contribution >= 4 is 16.8 Å². The fourth-order valence-corrected chi connectivity index (χ4v) is 3.15. The lowest BCUT2D eigenvalue weighted by atomic mass is 9.84. The second-order valence-electron chi connectivity index (χ2n) is 7.49. The second-order valence-corrected chi connectivity index (χ2v) is 7.49. The van der Waals surface area contributed by atoms with E-state index in [0.29, 0.717) is 5.56 Å². The third-order valence-electron chi connectivity index (χ3n) is 4.46. The van der Waals surface area contributed by atoms with Gasteiger partial charge in [-0.25, -0.2) is 8.78 Å². The van der Waals surface area contributed by atoms with Gasteiger partial charge < -0.3 is 10.7 Å². The number of nitrogens with two attached hydrogens (primary N) is 1. The second kappa shape index (κ2) is 6.26. The Hall–Kier alpha value is -3.09. The van der Waals surface area contributed by atoms with Crippen molar-refractivity contribution in [1.82, 2.24) is 9.97 Å². The van der Waals surface area contributed by atoms with Gasteiger partial charge in [0, 0.05) is 17.8 Å². The van der Waals surface area contributed by atoms with Crippen LogP contribution in [0.4, 0.5) is 8.78 Å². The molecule has 1 amide bonds. The molecule has 0 saturated heterocycles. The van der Waals surface area contributed by atoms with E-state index in [9.17, 15) is 18.4 Å². The molecule has 3 rings (SSSR count). The van der Waals surface area contributed by atoms with Gasteiger partial charge in [0.1, 0.15) is 5.69 Å². The van der Waals surface area contributed by atoms with Crippen molar-refractivity contribution in [3.05, 3.63) is 63.1 Å². The fourth-order valence-electron chi connectivity index (χ4n) is 3.15. The van der Waals surface area contributed by atoms with Crippen LogP contribution in [0.3, 0.4) is 0 Å². The van der Waals surface area contributed by atoms with Crippen LogP contribution in [0.15, 0.2) is 29.2 Å². The quantitative estimate of drug-likeness (QED) is 0.722. The van der Waals surface area contributed by atoms with Gasteiger partial charge in [0.25, 0.3) is 5.91 Å². The van der Waals surface area contributed by atoms with Crippen molar-refractivity contribution in [3.8, 4) is 11.3 Å². The van der Waals surface area contributed by atoms with Crippen LogP contribution in [0.2, 0.25) is 0 Å². The van der Waals surface area contributed by atoms with Crippen molar-refractivity contribution in [1.29, 1.82) is 0 Å². The Balaban J connectivity index is 2.33. The Morgan fingerprint density at radius 3 is 2.44 bits per heavy atom. The van der Waals surface area contributed by atoms with Crippen molar-refractivity contribution in [2.75, 3.05) is 0 Å². The first-order valence-electron chi connectivity index (χ1n) is 8.33. The van der Waals surface area contributed by atoms with Crippen molar-refractivity contribution in [3.63, 3.8) is 0 Å². The molecule has 3 N–H and O–H groups in total. The molecule has 2 heterocycles. The Labute approximate surface area is 154 Å². The Morgan fingerprint density at radius 1 is 1.19 bits per heavy atom. The molecule has 3 aromatic rings. The van der Waals surface area contributed by atoms with Gasteiger partial charge in [0.05, 0.1) is 16.6 Å². The van der Waals surface area contributed by atoms with Gasteiger partial charge in [-0.05, 0) is 29.5 Å². The first kappa shape index (κ1) is 18.7. The number of primary amides is 1. The van der Waals surface area contributed by atoms with Gasteiger partial charge in [-0.3, -0.25) is 14.6 Å². The highest BCUT2D eigenvalue weighted by molar-refractivity contribution is 6.03. The number of pyridine rings is 2. The number of nitrogens with one attached hydrogen (secondary N) is 1. The summed E-state index contributed by atoms with van der Waals surface area (Å²) in [4.78, 5) is 30.8. The minimum absolute atomic E-state index is 0.0126. The summed E-state index contributed by atoms with van der Waals surface area (Å²) in [6.07, 6.45) is 1.31. The van der Waals surface area contributed by atoms with E-state index >= 15 is 0 Å². The number of benzene rings is 1. The standard InChI is InChI=1S/C20H19F2N3O2/c1-9-7-10(20(2,3)4)16(21)17(22)14(9)12-8-13(26)15-11(25-12)5-6-24-18(15)19(23)27/h5-8H,1-4H3,(H2,23,27)(H,25,26). The maximum absolute atomic E-state index is 14.9. The van der Waals surface area contributed by atoms with E-state index in [2.05, 4.69) is 9.97 Å². The number of hydrogen-bond acceptors (Lipinski definition) is 3. The highest BCUT2D eigenvalue weighted by Gasteiger charge is 2.26. The maximum Gasteiger partial charge on any atom is 0.268 e. The lowest BCUT2D eigenvalue weighted by Gasteiger charge is -2.22. The average molecular weight is 371 g/mol. The molecule has 0 spiro atoms. The van der Waals surface area contributed by atoms with E-state index in [1.54, 1.807) is 33.8 Å². The Bertz CT molecular complexity index is 1140. The molecule has 0 aliphatic rings. The summed E-state index contributed by atoms with van der Waals surface area (Å²) < 4.78 is 29.6. The van der Waals surface area contributed by atoms with Crippen LogP contribution in [-0.2, 0) is 5.41 Å². The predicted octanol–water partition coefficient (Wildman–Crippen LogP) is 3.57. The molecule has 5 nitrogen and oxygen atoms in total. The van der Waals surface area contributed by atoms with Crippen molar-refractivity contribution < 1.29 is 13.6 Å². The van der Waals surface area contributed by atoms with Crippen molar-refractivity contribution in [2.45, 2.75) is 33.1 Å². The summed E-state index contributed by atoms with van der Waals surface area (Å²) in [5.74, 6) is -2.82. The third-order valence-corrected chi connectivity index (χ3v) is 4.46. The molecular formula is C20H19F2N3O2. The highest BCUT2D eigenvalue weighted by atomic mass is 19.2. The number of fused-ring (bicyclic) bond motifs is 1. The van der Waals surface area contributed by atoms with Gasteiger partial charge >= 0.3 is 0 Å². The largest absolute Gasteiger partial charge is 0.364 e. The van der Waals surface area contributed by atoms with Gasteiger partial charge in [-0.1, -0.05) is 26.8 Å². The zero-order valence-corrected chi connectivity index (χ0v) is 15.4. The number of halogens is 2. The average Bonchev–Trinajstić information content (AvgIpc) is 2.56. The zero-order chi connectivity index (χ0) is 20.1. The summed E-state index contributed by atoms with van der Waals surface area (Å²) in [5, 5.41) is 0.0126. The minimum atomic E-state index is -1.03. The number of aryl methyl sites for hydroxylation is 1. The summed E-state index contributed by atoms with van der Waals surface area (Å²) >= 11 is 0. The molecule has 27 heavy (non-hydrogen) atoms. The first-order chi connectivity index (χ1) is 12.5. The molecule has 0 aliphatic carbocycles. The maximum atomic E-state index is 14.9. The lowest BCUT2D eigenvalue weighted by Crippen LogP contribution is -2.18. The van der Waals surface area contributed by atoms with Gasteiger partial charge in [0.2, 0.25) is 0 Å². The van der Waals surface area contributed by atoms with Gasteiger partial charge in [-0.2, -0.15) is 0 Å². The molecule has 1 aromatic carbocycles. The predicted molar refractivity (Wildman–Crippen MR) is 99.7 cm³/mol. The van der Waals surface area contributed by atoms with Crippen molar-refractivity contribution in [2.24, 2.45) is 5.73 Å². The number of hydrogen-bond donors (Lipinski definition) is 2. The fraction of sp³-hybridized carbons (Fsp3) is 0.250. The monoisotopic (exact) mass is 371 g/mol. The van der Waals surface area contributed by atoms with E-state index in [-0.39, 0.29) is 33.4 Å². The molecule has 0 bridgehead atoms. The molecule has 2 aromatic heterocycles. The Kier molecular flexibility index (Phi) is 4.34. The van der Waals surface area contributed by atoms with E-state index in [0.717, 1.165) is 6.07 Å². The molecular weight excluding hydrogens is 352 g/mol. The Morgan fingerprint density at radius 2 is 1.85 bits per heavy atom. The van der Waals surface area contributed by atoms with Crippen LogP contribution in [-0.4, -0.2) is 15.9 Å². The summed E-state index contributed by atoms with van der Waals surface area (Å²) in [5.41, 5.74) is 5.04. The van der Waals surface area contributed by atoms with E-state index < -0.39 is 28.4 Å². The number of nitrogens with zero attached hydrogens (tertiary/aromatic N) is 1. The van der Waals surface area contributed by atoms with Gasteiger partial charge in [-0.15, -0.1) is 0 Å². The number of amides is 1. The topological polar surface area (TPSA) is 88.8 Å². The van der Waals surface area contributed by atoms with Gasteiger partial charge in [0.15, 0.2) is 17.1 Å². The molecule has 0 aliphatic heterocycles. The summed E-state index contributed by atoms with van der Waals surface area (Å²) in [7, 11) is 0. The molecule has 140 valence electrons. The lowest BCUT2D eigenvalue weighted by molar-refractivity contribution is 0.0997. The van der Waals surface area contributed by atoms with Crippen LogP contribution >= 0.6 is 0 Å². The normalized spacial score (nSPS) is 11.8. The molecule has 7 heteroatoms. The number of carbonyl (C=O) groups excluding carboxylic acids is 1. The number of aromatic nitrogens is 2. The molecule has 0 saturated carbocycles. The third kappa shape index (κ3) is 3.09. The molecule has 0 atom stereocenters. The molecule has 0 radical (unpaired) electrons. The first-order valence-corrected chi connectivity index (χ1v) is 8.33. The van der Waals surface area contributed by atoms with Crippen LogP contribution < -0.4 is 11.2 Å². The number of H-pyrrole nitrogens is 1. The number of rotatable bonds is 2. The van der Waals surface area contributed by atoms with Crippen LogP contribution in [0.25, 0.3) is 22.2 Å². The van der Waals surface area contributed by atoms with E-state index in [1.807, 2.05) is 0 Å². The SMILES string of the molecule is Cc1cc(C(C)(C)C)c(F)c(F)c1-c1cc(=O)c2c(C(N)=O)nccc2[nH]1. The number of carbonyl (C=O) groups is 1. The minimum Gasteiger partial charge on any atom is -0.364 e. The number of aromatic amines is 1. The van der Waals surface area contributed by atoms with E-state index in [1.165, 1.54) is 12.3 Å². The van der Waals surface area contributed by atoms with Crippen LogP contribution in [0, 0.1) is 18.6 Å². The summed E-state index contributed by atoms with van der Waals surface area (Å²) in [6, 6.07) is 4.18.